The zero-order valence-electron chi connectivity index (χ0n) is 11.3. The first-order chi connectivity index (χ1) is 9.74. The Balaban J connectivity index is 2.39. The van der Waals surface area contributed by atoms with Gasteiger partial charge in [-0.15, -0.1) is 11.3 Å². The van der Waals surface area contributed by atoms with E-state index in [1.54, 1.807) is 6.92 Å². The van der Waals surface area contributed by atoms with Crippen molar-refractivity contribution < 1.29 is 22.3 Å². The molecule has 8 heteroatoms. The number of rotatable bonds is 4. The van der Waals surface area contributed by atoms with Gasteiger partial charge in [0.25, 0.3) is 10.0 Å². The molecular weight excluding hydrogens is 320 g/mol. The predicted molar refractivity (Wildman–Crippen MR) is 76.9 cm³/mol. The zero-order valence-corrected chi connectivity index (χ0v) is 12.9. The van der Waals surface area contributed by atoms with E-state index in [0.29, 0.717) is 10.4 Å². The maximum absolute atomic E-state index is 13.7. The molecule has 0 unspecified atom stereocenters. The van der Waals surface area contributed by atoms with E-state index in [2.05, 4.69) is 0 Å². The van der Waals surface area contributed by atoms with E-state index < -0.39 is 27.3 Å². The third kappa shape index (κ3) is 3.22. The van der Waals surface area contributed by atoms with E-state index in [9.17, 15) is 17.2 Å². The second-order valence-electron chi connectivity index (χ2n) is 4.52. The Hall–Kier alpha value is -1.51. The Labute approximate surface area is 125 Å². The van der Waals surface area contributed by atoms with Gasteiger partial charge < -0.3 is 5.11 Å². The lowest BCUT2D eigenvalue weighted by atomic mass is 10.2. The second kappa shape index (κ2) is 5.70. The zero-order chi connectivity index (χ0) is 15.8. The molecule has 0 aliphatic heterocycles. The van der Waals surface area contributed by atoms with Gasteiger partial charge in [-0.1, -0.05) is 0 Å². The highest BCUT2D eigenvalue weighted by Gasteiger charge is 2.21. The topological polar surface area (TPSA) is 66.4 Å². The highest BCUT2D eigenvalue weighted by molar-refractivity contribution is 7.94. The summed E-state index contributed by atoms with van der Waals surface area (Å²) in [6.07, 6.45) is 0. The van der Waals surface area contributed by atoms with Crippen LogP contribution in [0, 0.1) is 25.5 Å². The lowest BCUT2D eigenvalue weighted by Gasteiger charge is -2.08. The fourth-order valence-corrected chi connectivity index (χ4v) is 4.20. The van der Waals surface area contributed by atoms with Gasteiger partial charge in [-0.2, -0.15) is 0 Å². The van der Waals surface area contributed by atoms with Crippen LogP contribution in [-0.2, 0) is 16.6 Å². The Bertz CT molecular complexity index is 785. The van der Waals surface area contributed by atoms with E-state index in [-0.39, 0.29) is 16.4 Å². The number of thiophene rings is 1. The lowest BCUT2D eigenvalue weighted by molar-refractivity contribution is 0.285. The molecule has 2 N–H and O–H groups in total. The number of aliphatic hydroxyl groups is 1. The summed E-state index contributed by atoms with van der Waals surface area (Å²) in [5, 5.41) is 9.08. The van der Waals surface area contributed by atoms with Gasteiger partial charge in [0, 0.05) is 10.9 Å². The van der Waals surface area contributed by atoms with Gasteiger partial charge in [0.15, 0.2) is 0 Å². The molecule has 1 heterocycles. The van der Waals surface area contributed by atoms with Gasteiger partial charge in [-0.05, 0) is 37.1 Å². The minimum absolute atomic E-state index is 0.0653. The summed E-state index contributed by atoms with van der Waals surface area (Å²) in [5.41, 5.74) is 0.262. The molecule has 1 aromatic heterocycles. The van der Waals surface area contributed by atoms with Gasteiger partial charge in [0.2, 0.25) is 0 Å². The number of anilines is 1. The second-order valence-corrected chi connectivity index (χ2v) is 7.56. The van der Waals surface area contributed by atoms with Crippen LogP contribution in [0.1, 0.15) is 16.0 Å². The normalized spacial score (nSPS) is 11.7. The largest absolute Gasteiger partial charge is 0.391 e. The van der Waals surface area contributed by atoms with E-state index in [1.165, 1.54) is 13.0 Å². The summed E-state index contributed by atoms with van der Waals surface area (Å²) in [5.74, 6) is -1.55. The van der Waals surface area contributed by atoms with Crippen LogP contribution in [0.2, 0.25) is 0 Å². The van der Waals surface area contributed by atoms with Gasteiger partial charge >= 0.3 is 0 Å². The fraction of sp³-hybridized carbons (Fsp3) is 0.231. The van der Waals surface area contributed by atoms with E-state index in [4.69, 9.17) is 5.11 Å². The molecule has 0 amide bonds. The lowest BCUT2D eigenvalue weighted by Crippen LogP contribution is -2.13. The van der Waals surface area contributed by atoms with Crippen LogP contribution in [0.4, 0.5) is 14.5 Å². The van der Waals surface area contributed by atoms with E-state index >= 15 is 0 Å². The maximum Gasteiger partial charge on any atom is 0.271 e. The van der Waals surface area contributed by atoms with Crippen molar-refractivity contribution in [3.63, 3.8) is 0 Å². The van der Waals surface area contributed by atoms with Gasteiger partial charge in [-0.3, -0.25) is 4.72 Å². The average molecular weight is 333 g/mol. The first kappa shape index (κ1) is 15.9. The number of benzene rings is 1. The van der Waals surface area contributed by atoms with Crippen molar-refractivity contribution in [1.29, 1.82) is 0 Å². The summed E-state index contributed by atoms with van der Waals surface area (Å²) >= 11 is 0.882. The van der Waals surface area contributed by atoms with Crippen LogP contribution in [0.5, 0.6) is 0 Å². The molecule has 0 fully saturated rings. The molecule has 1 aromatic carbocycles. The van der Waals surface area contributed by atoms with Crippen molar-refractivity contribution in [3.05, 3.63) is 45.8 Å². The van der Waals surface area contributed by atoms with Crippen molar-refractivity contribution >= 4 is 27.0 Å². The summed E-state index contributed by atoms with van der Waals surface area (Å²) in [4.78, 5) is 0.505. The quantitative estimate of drug-likeness (QED) is 0.904. The van der Waals surface area contributed by atoms with Gasteiger partial charge in [-0.25, -0.2) is 17.2 Å². The summed E-state index contributed by atoms with van der Waals surface area (Å²) in [6, 6.07) is 3.10. The Kier molecular flexibility index (Phi) is 4.31. The molecule has 0 atom stereocenters. The predicted octanol–water partition coefficient (Wildman–Crippen LogP) is 2.94. The molecule has 0 bridgehead atoms. The number of sulfonamides is 1. The van der Waals surface area contributed by atoms with Gasteiger partial charge in [0.05, 0.1) is 12.3 Å². The van der Waals surface area contributed by atoms with Crippen molar-refractivity contribution in [3.8, 4) is 0 Å². The highest BCUT2D eigenvalue weighted by Crippen LogP contribution is 2.29. The maximum atomic E-state index is 13.7. The number of hydrogen-bond donors (Lipinski definition) is 2. The van der Waals surface area contributed by atoms with Crippen molar-refractivity contribution in [2.24, 2.45) is 0 Å². The highest BCUT2D eigenvalue weighted by atomic mass is 32.2. The molecule has 0 saturated heterocycles. The van der Waals surface area contributed by atoms with Crippen LogP contribution in [0.25, 0.3) is 0 Å². The smallest absolute Gasteiger partial charge is 0.271 e. The Morgan fingerprint density at radius 3 is 2.38 bits per heavy atom. The molecule has 114 valence electrons. The molecule has 0 saturated carbocycles. The van der Waals surface area contributed by atoms with Crippen LogP contribution in [-0.4, -0.2) is 13.5 Å². The van der Waals surface area contributed by atoms with Gasteiger partial charge in [0.1, 0.15) is 15.8 Å². The molecule has 0 aliphatic rings. The Morgan fingerprint density at radius 2 is 1.81 bits per heavy atom. The number of halogens is 2. The minimum Gasteiger partial charge on any atom is -0.391 e. The number of nitrogens with one attached hydrogen (secondary N) is 1. The molecule has 2 rings (SSSR count). The minimum atomic E-state index is -4.03. The molecule has 0 radical (unpaired) electrons. The number of aliphatic hydroxyl groups excluding tert-OH is 1. The SMILES string of the molecule is Cc1cc(F)c(NS(=O)(=O)c2cc(C)c(CO)s2)cc1F. The third-order valence-corrected chi connectivity index (χ3v) is 5.96. The third-order valence-electron chi connectivity index (χ3n) is 2.90. The molecule has 2 aromatic rings. The fourth-order valence-electron chi connectivity index (χ4n) is 1.70. The van der Waals surface area contributed by atoms with Crippen LogP contribution >= 0.6 is 11.3 Å². The van der Waals surface area contributed by atoms with E-state index in [1.807, 2.05) is 4.72 Å². The summed E-state index contributed by atoms with van der Waals surface area (Å²) in [7, 11) is -4.03. The first-order valence-corrected chi connectivity index (χ1v) is 8.23. The molecule has 0 aliphatic carbocycles. The van der Waals surface area contributed by atoms with Crippen LogP contribution in [0.15, 0.2) is 22.4 Å². The monoisotopic (exact) mass is 333 g/mol. The standard InChI is InChI=1S/C13H13F2NO3S2/c1-7-3-10(15)11(5-9(7)14)16-21(18,19)13-4-8(2)12(6-17)20-13/h3-5,16-17H,6H2,1-2H3. The molecule has 21 heavy (non-hydrogen) atoms. The van der Waals surface area contributed by atoms with Crippen molar-refractivity contribution in [2.75, 3.05) is 4.72 Å². The molecule has 0 spiro atoms. The number of aryl methyl sites for hydroxylation is 2. The average Bonchev–Trinajstić information content (AvgIpc) is 2.78. The van der Waals surface area contributed by atoms with Crippen LogP contribution < -0.4 is 4.72 Å². The summed E-state index contributed by atoms with van der Waals surface area (Å²) < 4.78 is 53.4. The van der Waals surface area contributed by atoms with E-state index in [0.717, 1.165) is 23.5 Å². The first-order valence-electron chi connectivity index (χ1n) is 5.93. The Morgan fingerprint density at radius 1 is 1.14 bits per heavy atom. The molecular formula is C13H13F2NO3S2. The summed E-state index contributed by atoms with van der Waals surface area (Å²) in [6.45, 7) is 2.76. The molecule has 4 nitrogen and oxygen atoms in total. The number of hydrogen-bond acceptors (Lipinski definition) is 4. The van der Waals surface area contributed by atoms with Crippen molar-refractivity contribution in [2.45, 2.75) is 24.7 Å². The van der Waals surface area contributed by atoms with Crippen LogP contribution in [0.3, 0.4) is 0 Å². The van der Waals surface area contributed by atoms with Crippen molar-refractivity contribution in [1.82, 2.24) is 0 Å².